The van der Waals surface area contributed by atoms with Crippen LogP contribution in [0.2, 0.25) is 0 Å². The van der Waals surface area contributed by atoms with Crippen LogP contribution in [0, 0.1) is 11.3 Å². The number of nitrogens with zero attached hydrogens (tertiary/aromatic N) is 1. The highest BCUT2D eigenvalue weighted by Crippen LogP contribution is 1.88. The Kier molecular flexibility index (Phi) is 3.66. The van der Waals surface area contributed by atoms with Crippen LogP contribution in [0.1, 0.15) is 6.92 Å². The van der Waals surface area contributed by atoms with Gasteiger partial charge in [-0.05, 0) is 13.0 Å². The number of rotatable bonds is 2. The number of carboxylic acid groups (broad SMARTS) is 1. The fourth-order valence-electron chi connectivity index (χ4n) is 0.312. The summed E-state index contributed by atoms with van der Waals surface area (Å²) < 4.78 is 0. The maximum Gasteiger partial charge on any atom is 0.328 e. The van der Waals surface area contributed by atoms with Crippen LogP contribution in [0.5, 0.6) is 0 Å². The molecule has 0 saturated carbocycles. The molecule has 0 bridgehead atoms. The third kappa shape index (κ3) is 4.60. The maximum atomic E-state index is 9.87. The zero-order chi connectivity index (χ0) is 7.98. The number of hydrogen-bond donors (Lipinski definition) is 1. The van der Waals surface area contributed by atoms with Crippen molar-refractivity contribution in [3.05, 3.63) is 23.8 Å². The van der Waals surface area contributed by atoms with E-state index in [-0.39, 0.29) is 0 Å². The van der Waals surface area contributed by atoms with Gasteiger partial charge in [0.15, 0.2) is 0 Å². The van der Waals surface area contributed by atoms with Crippen molar-refractivity contribution in [3.63, 3.8) is 0 Å². The van der Waals surface area contributed by atoms with Crippen LogP contribution in [0.15, 0.2) is 23.8 Å². The van der Waals surface area contributed by atoms with Crippen LogP contribution in [-0.4, -0.2) is 11.1 Å². The van der Waals surface area contributed by atoms with E-state index < -0.39 is 5.97 Å². The van der Waals surface area contributed by atoms with Gasteiger partial charge >= 0.3 is 5.97 Å². The van der Waals surface area contributed by atoms with Gasteiger partial charge in [0.25, 0.3) is 0 Å². The lowest BCUT2D eigenvalue weighted by Crippen LogP contribution is -1.84. The van der Waals surface area contributed by atoms with Gasteiger partial charge in [-0.1, -0.05) is 6.08 Å². The zero-order valence-electron chi connectivity index (χ0n) is 5.53. The summed E-state index contributed by atoms with van der Waals surface area (Å²) in [5.74, 6) is -1.01. The van der Waals surface area contributed by atoms with E-state index in [0.717, 1.165) is 6.08 Å². The van der Waals surface area contributed by atoms with E-state index in [1.54, 1.807) is 6.92 Å². The van der Waals surface area contributed by atoms with Crippen LogP contribution < -0.4 is 0 Å². The second kappa shape index (κ2) is 4.33. The Labute approximate surface area is 58.9 Å². The highest BCUT2D eigenvalue weighted by atomic mass is 16.4. The predicted octanol–water partition coefficient (Wildman–Crippen LogP) is 1.10. The minimum Gasteiger partial charge on any atom is -0.478 e. The third-order valence-corrected chi connectivity index (χ3v) is 0.761. The summed E-state index contributed by atoms with van der Waals surface area (Å²) >= 11 is 0. The molecule has 0 heterocycles. The highest BCUT2D eigenvalue weighted by Gasteiger charge is 1.82. The Balaban J connectivity index is 3.98. The summed E-state index contributed by atoms with van der Waals surface area (Å²) in [5.41, 5.74) is 0.484. The van der Waals surface area contributed by atoms with E-state index >= 15 is 0 Å². The SMILES string of the molecule is C/C(C#N)=C\C=C\C(=O)O. The van der Waals surface area contributed by atoms with E-state index in [4.69, 9.17) is 10.4 Å². The van der Waals surface area contributed by atoms with Gasteiger partial charge in [-0.25, -0.2) is 4.79 Å². The average molecular weight is 137 g/mol. The molecule has 0 fully saturated rings. The van der Waals surface area contributed by atoms with E-state index in [9.17, 15) is 4.79 Å². The highest BCUT2D eigenvalue weighted by molar-refractivity contribution is 5.80. The van der Waals surface area contributed by atoms with Crippen molar-refractivity contribution in [2.24, 2.45) is 0 Å². The Bertz CT molecular complexity index is 220. The molecule has 0 atom stereocenters. The van der Waals surface area contributed by atoms with Gasteiger partial charge < -0.3 is 5.11 Å². The van der Waals surface area contributed by atoms with Crippen LogP contribution >= 0.6 is 0 Å². The first-order chi connectivity index (χ1) is 4.66. The Morgan fingerprint density at radius 2 is 2.30 bits per heavy atom. The molecule has 0 aromatic heterocycles. The maximum absolute atomic E-state index is 9.87. The molecule has 0 aromatic rings. The number of carbonyl (C=O) groups is 1. The monoisotopic (exact) mass is 137 g/mol. The molecule has 52 valence electrons. The fraction of sp³-hybridized carbons (Fsp3) is 0.143. The van der Waals surface area contributed by atoms with Gasteiger partial charge in [0.05, 0.1) is 6.07 Å². The summed E-state index contributed by atoms with van der Waals surface area (Å²) in [6.07, 6.45) is 3.73. The van der Waals surface area contributed by atoms with E-state index in [1.165, 1.54) is 12.2 Å². The van der Waals surface area contributed by atoms with Gasteiger partial charge in [0.1, 0.15) is 0 Å². The van der Waals surface area contributed by atoms with E-state index in [0.29, 0.717) is 5.57 Å². The zero-order valence-corrected chi connectivity index (χ0v) is 5.53. The second-order valence-electron chi connectivity index (χ2n) is 1.66. The van der Waals surface area contributed by atoms with Crippen LogP contribution in [0.4, 0.5) is 0 Å². The molecule has 0 aliphatic carbocycles. The number of aliphatic carboxylic acids is 1. The quantitative estimate of drug-likeness (QED) is 0.352. The molecule has 0 rings (SSSR count). The molecule has 3 heteroatoms. The first kappa shape index (κ1) is 8.44. The number of carboxylic acids is 1. The summed E-state index contributed by atoms with van der Waals surface area (Å²) in [7, 11) is 0. The molecule has 10 heavy (non-hydrogen) atoms. The van der Waals surface area contributed by atoms with Gasteiger partial charge in [-0.15, -0.1) is 0 Å². The number of allylic oxidation sites excluding steroid dienone is 3. The Morgan fingerprint density at radius 3 is 2.70 bits per heavy atom. The van der Waals surface area contributed by atoms with Crippen molar-refractivity contribution < 1.29 is 9.90 Å². The number of hydrogen-bond acceptors (Lipinski definition) is 2. The summed E-state index contributed by atoms with van der Waals surface area (Å²) in [5, 5.41) is 16.3. The smallest absolute Gasteiger partial charge is 0.328 e. The van der Waals surface area contributed by atoms with Gasteiger partial charge in [-0.3, -0.25) is 0 Å². The molecular formula is C7H7NO2. The van der Waals surface area contributed by atoms with Crippen LogP contribution in [0.3, 0.4) is 0 Å². The average Bonchev–Trinajstić information content (AvgIpc) is 1.87. The first-order valence-corrected chi connectivity index (χ1v) is 2.65. The van der Waals surface area contributed by atoms with Crippen molar-refractivity contribution >= 4 is 5.97 Å². The van der Waals surface area contributed by atoms with E-state index in [2.05, 4.69) is 0 Å². The third-order valence-electron chi connectivity index (χ3n) is 0.761. The van der Waals surface area contributed by atoms with Crippen molar-refractivity contribution in [2.75, 3.05) is 0 Å². The Hall–Kier alpha value is -1.56. The predicted molar refractivity (Wildman–Crippen MR) is 36.1 cm³/mol. The molecule has 0 aliphatic heterocycles. The number of nitriles is 1. The second-order valence-corrected chi connectivity index (χ2v) is 1.66. The standard InChI is InChI=1S/C7H7NO2/c1-6(5-8)3-2-4-7(9)10/h2-4H,1H3,(H,9,10)/b4-2+,6-3+. The molecule has 0 amide bonds. The molecule has 0 radical (unpaired) electrons. The van der Waals surface area contributed by atoms with E-state index in [1.807, 2.05) is 6.07 Å². The van der Waals surface area contributed by atoms with Crippen molar-refractivity contribution in [2.45, 2.75) is 6.92 Å². The molecule has 0 spiro atoms. The summed E-state index contributed by atoms with van der Waals surface area (Å²) in [6, 6.07) is 1.86. The van der Waals surface area contributed by atoms with Crippen molar-refractivity contribution in [3.8, 4) is 6.07 Å². The lowest BCUT2D eigenvalue weighted by Gasteiger charge is -1.77. The molecule has 3 nitrogen and oxygen atoms in total. The summed E-state index contributed by atoms with van der Waals surface area (Å²) in [4.78, 5) is 9.87. The topological polar surface area (TPSA) is 61.1 Å². The molecule has 0 aromatic carbocycles. The van der Waals surface area contributed by atoms with Gasteiger partial charge in [0, 0.05) is 11.6 Å². The largest absolute Gasteiger partial charge is 0.478 e. The Morgan fingerprint density at radius 1 is 1.70 bits per heavy atom. The molecule has 0 aliphatic rings. The minimum absolute atomic E-state index is 0.484. The minimum atomic E-state index is -1.01. The normalized spacial score (nSPS) is 11.4. The lowest BCUT2D eigenvalue weighted by atomic mass is 10.3. The molecule has 0 saturated heterocycles. The molecule has 0 unspecified atom stereocenters. The van der Waals surface area contributed by atoms with Crippen LogP contribution in [-0.2, 0) is 4.79 Å². The van der Waals surface area contributed by atoms with Gasteiger partial charge in [-0.2, -0.15) is 5.26 Å². The fourth-order valence-corrected chi connectivity index (χ4v) is 0.312. The van der Waals surface area contributed by atoms with Crippen molar-refractivity contribution in [1.82, 2.24) is 0 Å². The van der Waals surface area contributed by atoms with Gasteiger partial charge in [0.2, 0.25) is 0 Å². The van der Waals surface area contributed by atoms with Crippen LogP contribution in [0.25, 0.3) is 0 Å². The first-order valence-electron chi connectivity index (χ1n) is 2.65. The molecular weight excluding hydrogens is 130 g/mol. The van der Waals surface area contributed by atoms with Crippen molar-refractivity contribution in [1.29, 1.82) is 5.26 Å². The lowest BCUT2D eigenvalue weighted by molar-refractivity contribution is -0.131. The summed E-state index contributed by atoms with van der Waals surface area (Å²) in [6.45, 7) is 1.60. The molecule has 1 N–H and O–H groups in total.